The van der Waals surface area contributed by atoms with Gasteiger partial charge < -0.3 is 5.32 Å². The summed E-state index contributed by atoms with van der Waals surface area (Å²) in [6, 6.07) is 12.0. The Bertz CT molecular complexity index is 1010. The van der Waals surface area contributed by atoms with Crippen molar-refractivity contribution in [2.75, 3.05) is 0 Å². The normalized spacial score (nSPS) is 14.7. The Balaban J connectivity index is 2.07. The zero-order valence-corrected chi connectivity index (χ0v) is 18.6. The number of hydrogen-bond donors (Lipinski definition) is 2. The van der Waals surface area contributed by atoms with E-state index in [4.69, 9.17) is 0 Å². The third-order valence-corrected chi connectivity index (χ3v) is 6.57. The molecule has 5 nitrogen and oxygen atoms in total. The number of nitrogens with one attached hydrogen (secondary N) is 2. The summed E-state index contributed by atoms with van der Waals surface area (Å²) in [5.41, 5.74) is -0.441. The molecule has 2 rings (SSSR count). The molecule has 0 heterocycles. The van der Waals surface area contributed by atoms with Crippen LogP contribution in [0.2, 0.25) is 0 Å². The van der Waals surface area contributed by atoms with Crippen LogP contribution >= 0.6 is 0 Å². The summed E-state index contributed by atoms with van der Waals surface area (Å²) in [6.45, 7) is 7.15. The largest absolute Gasteiger partial charge is 0.417 e. The predicted molar refractivity (Wildman–Crippen MR) is 113 cm³/mol. The Kier molecular flexibility index (Phi) is 7.54. The molecule has 0 bridgehead atoms. The van der Waals surface area contributed by atoms with Gasteiger partial charge in [-0.15, -0.1) is 0 Å². The Hall–Kier alpha value is -2.39. The maximum atomic E-state index is 13.2. The number of benzene rings is 2. The highest BCUT2D eigenvalue weighted by Gasteiger charge is 2.37. The average Bonchev–Trinajstić information content (AvgIpc) is 2.67. The molecule has 0 radical (unpaired) electrons. The minimum Gasteiger partial charge on any atom is -0.352 e. The fourth-order valence-corrected chi connectivity index (χ4v) is 4.91. The second-order valence-corrected chi connectivity index (χ2v) is 9.88. The third-order valence-electron chi connectivity index (χ3n) is 4.97. The summed E-state index contributed by atoms with van der Waals surface area (Å²) in [5, 5.41) is 2.74. The molecule has 0 saturated carbocycles. The van der Waals surface area contributed by atoms with Crippen LogP contribution in [0.1, 0.15) is 45.2 Å². The van der Waals surface area contributed by atoms with E-state index in [1.165, 1.54) is 13.0 Å². The van der Waals surface area contributed by atoms with Crippen molar-refractivity contribution in [2.45, 2.75) is 62.7 Å². The van der Waals surface area contributed by atoms with Crippen LogP contribution in [0.25, 0.3) is 0 Å². The summed E-state index contributed by atoms with van der Waals surface area (Å²) in [4.78, 5) is 11.6. The Labute approximate surface area is 181 Å². The molecule has 0 fully saturated rings. The monoisotopic (exact) mass is 456 g/mol. The Morgan fingerprint density at radius 1 is 0.968 bits per heavy atom. The van der Waals surface area contributed by atoms with Gasteiger partial charge in [-0.3, -0.25) is 4.79 Å². The lowest BCUT2D eigenvalue weighted by atomic mass is 9.79. The van der Waals surface area contributed by atoms with Gasteiger partial charge in [0.2, 0.25) is 15.9 Å². The lowest BCUT2D eigenvalue weighted by Crippen LogP contribution is -2.48. The maximum absolute atomic E-state index is 13.2. The molecule has 0 aliphatic heterocycles. The zero-order valence-electron chi connectivity index (χ0n) is 17.8. The van der Waals surface area contributed by atoms with Crippen LogP contribution in [0.15, 0.2) is 59.5 Å². The first-order valence-electron chi connectivity index (χ1n) is 9.78. The van der Waals surface area contributed by atoms with Gasteiger partial charge in [0.05, 0.1) is 16.5 Å². The van der Waals surface area contributed by atoms with Crippen molar-refractivity contribution in [1.29, 1.82) is 0 Å². The zero-order chi connectivity index (χ0) is 23.4. The van der Waals surface area contributed by atoms with E-state index in [0.29, 0.717) is 12.5 Å². The molecule has 2 aromatic carbocycles. The number of halogens is 3. The summed E-state index contributed by atoms with van der Waals surface area (Å²) in [7, 11) is -4.56. The SMILES string of the molecule is CC(CC(C)(C)c1ccccc1)NC(=O)[C@H](C)NS(=O)(=O)c1ccccc1C(F)(F)F. The van der Waals surface area contributed by atoms with Gasteiger partial charge >= 0.3 is 6.18 Å². The number of amides is 1. The van der Waals surface area contributed by atoms with Crippen molar-refractivity contribution in [3.05, 3.63) is 65.7 Å². The molecule has 1 amide bonds. The van der Waals surface area contributed by atoms with Gasteiger partial charge in [0, 0.05) is 6.04 Å². The molecule has 9 heteroatoms. The second-order valence-electron chi connectivity index (χ2n) is 8.20. The maximum Gasteiger partial charge on any atom is 0.417 e. The first-order chi connectivity index (χ1) is 14.2. The summed E-state index contributed by atoms with van der Waals surface area (Å²) < 4.78 is 66.6. The van der Waals surface area contributed by atoms with Gasteiger partial charge in [0.15, 0.2) is 0 Å². The summed E-state index contributed by atoms with van der Waals surface area (Å²) in [5.74, 6) is -0.621. The van der Waals surface area contributed by atoms with Crippen molar-refractivity contribution < 1.29 is 26.4 Å². The smallest absolute Gasteiger partial charge is 0.352 e. The van der Waals surface area contributed by atoms with E-state index < -0.39 is 38.6 Å². The van der Waals surface area contributed by atoms with Gasteiger partial charge in [0.25, 0.3) is 0 Å². The minimum absolute atomic E-state index is 0.248. The van der Waals surface area contributed by atoms with Crippen LogP contribution < -0.4 is 10.0 Å². The topological polar surface area (TPSA) is 75.3 Å². The molecule has 0 saturated heterocycles. The van der Waals surface area contributed by atoms with Crippen LogP contribution in [0, 0.1) is 0 Å². The van der Waals surface area contributed by atoms with Crippen LogP contribution in [-0.4, -0.2) is 26.4 Å². The summed E-state index contributed by atoms with van der Waals surface area (Å²) >= 11 is 0. The van der Waals surface area contributed by atoms with Gasteiger partial charge in [-0.25, -0.2) is 8.42 Å². The van der Waals surface area contributed by atoms with Crippen LogP contribution in [0.5, 0.6) is 0 Å². The number of rotatable bonds is 8. The second kappa shape index (κ2) is 9.40. The lowest BCUT2D eigenvalue weighted by molar-refractivity contribution is -0.139. The number of hydrogen-bond acceptors (Lipinski definition) is 3. The molecule has 2 atom stereocenters. The van der Waals surface area contributed by atoms with E-state index >= 15 is 0 Å². The minimum atomic E-state index is -4.84. The lowest BCUT2D eigenvalue weighted by Gasteiger charge is -2.29. The molecule has 2 aromatic rings. The van der Waals surface area contributed by atoms with Crippen molar-refractivity contribution in [3.63, 3.8) is 0 Å². The van der Waals surface area contributed by atoms with Gasteiger partial charge in [-0.2, -0.15) is 17.9 Å². The standard InChI is InChI=1S/C22H27F3N2O3S/c1-15(14-21(3,4)17-10-6-5-7-11-17)26-20(28)16(2)27-31(29,30)19-13-9-8-12-18(19)22(23,24)25/h5-13,15-16,27H,14H2,1-4H3,(H,26,28)/t15?,16-/m0/s1. The average molecular weight is 457 g/mol. The van der Waals surface area contributed by atoms with Crippen LogP contribution in [-0.2, 0) is 26.4 Å². The van der Waals surface area contributed by atoms with Gasteiger partial charge in [-0.05, 0) is 43.4 Å². The molecular formula is C22H27F3N2O3S. The van der Waals surface area contributed by atoms with Crippen molar-refractivity contribution >= 4 is 15.9 Å². The Morgan fingerprint density at radius 2 is 1.52 bits per heavy atom. The molecule has 2 N–H and O–H groups in total. The van der Waals surface area contributed by atoms with Crippen molar-refractivity contribution in [2.24, 2.45) is 0 Å². The third kappa shape index (κ3) is 6.54. The van der Waals surface area contributed by atoms with E-state index in [-0.39, 0.29) is 11.5 Å². The quantitative estimate of drug-likeness (QED) is 0.624. The first-order valence-corrected chi connectivity index (χ1v) is 11.3. The molecule has 170 valence electrons. The highest BCUT2D eigenvalue weighted by atomic mass is 32.2. The number of alkyl halides is 3. The van der Waals surface area contributed by atoms with E-state index in [1.54, 1.807) is 6.92 Å². The molecule has 1 unspecified atom stereocenters. The fourth-order valence-electron chi connectivity index (χ4n) is 3.48. The highest BCUT2D eigenvalue weighted by molar-refractivity contribution is 7.89. The molecule has 0 aromatic heterocycles. The van der Waals surface area contributed by atoms with Crippen molar-refractivity contribution in [3.8, 4) is 0 Å². The first kappa shape index (κ1) is 24.9. The number of carbonyl (C=O) groups is 1. The van der Waals surface area contributed by atoms with E-state index in [9.17, 15) is 26.4 Å². The summed E-state index contributed by atoms with van der Waals surface area (Å²) in [6.07, 6.45) is -4.26. The number of carbonyl (C=O) groups excluding carboxylic acids is 1. The molecular weight excluding hydrogens is 429 g/mol. The van der Waals surface area contributed by atoms with Crippen LogP contribution in [0.3, 0.4) is 0 Å². The highest BCUT2D eigenvalue weighted by Crippen LogP contribution is 2.34. The fraction of sp³-hybridized carbons (Fsp3) is 0.409. The van der Waals surface area contributed by atoms with E-state index in [2.05, 4.69) is 5.32 Å². The Morgan fingerprint density at radius 3 is 2.10 bits per heavy atom. The number of sulfonamides is 1. The molecule has 0 aliphatic carbocycles. The van der Waals surface area contributed by atoms with Gasteiger partial charge in [-0.1, -0.05) is 56.3 Å². The van der Waals surface area contributed by atoms with Crippen LogP contribution in [0.4, 0.5) is 13.2 Å². The molecule has 0 spiro atoms. The van der Waals surface area contributed by atoms with E-state index in [1.807, 2.05) is 48.9 Å². The van der Waals surface area contributed by atoms with Gasteiger partial charge in [0.1, 0.15) is 0 Å². The van der Waals surface area contributed by atoms with E-state index in [0.717, 1.165) is 17.7 Å². The molecule has 31 heavy (non-hydrogen) atoms. The predicted octanol–water partition coefficient (Wildman–Crippen LogP) is 4.24. The molecule has 0 aliphatic rings. The van der Waals surface area contributed by atoms with Crippen molar-refractivity contribution in [1.82, 2.24) is 10.0 Å².